The molecule has 0 aliphatic carbocycles. The molecule has 3 N–H and O–H groups in total. The van der Waals surface area contributed by atoms with Gasteiger partial charge in [0.05, 0.1) is 33.0 Å². The lowest BCUT2D eigenvalue weighted by Crippen LogP contribution is -2.49. The Hall–Kier alpha value is -2.84. The number of aliphatic hydroxyl groups excluding tert-OH is 2. The molecule has 2 aliphatic rings. The lowest BCUT2D eigenvalue weighted by atomic mass is 10.0. The zero-order valence-electron chi connectivity index (χ0n) is 23.7. The maximum atomic E-state index is 13.5. The van der Waals surface area contributed by atoms with E-state index < -0.39 is 31.1 Å². The average molecular weight is 596 g/mol. The molecule has 3 heterocycles. The lowest BCUT2D eigenvalue weighted by Gasteiger charge is -2.39. The number of carbonyl (C=O) groups is 1. The number of aryl methyl sites for hydroxylation is 1. The summed E-state index contributed by atoms with van der Waals surface area (Å²) in [5.41, 5.74) is 0.555. The molecule has 41 heavy (non-hydrogen) atoms. The van der Waals surface area contributed by atoms with E-state index >= 15 is 0 Å². The summed E-state index contributed by atoms with van der Waals surface area (Å²) in [6.45, 7) is 4.74. The third kappa shape index (κ3) is 6.97. The maximum absolute atomic E-state index is 13.5. The van der Waals surface area contributed by atoms with Crippen LogP contribution >= 0.6 is 7.52 Å². The van der Waals surface area contributed by atoms with Gasteiger partial charge in [-0.25, -0.2) is 9.46 Å². The van der Waals surface area contributed by atoms with E-state index in [1.807, 2.05) is 11.9 Å². The van der Waals surface area contributed by atoms with Crippen LogP contribution in [0.5, 0.6) is 5.75 Å². The highest BCUT2D eigenvalue weighted by molar-refractivity contribution is 7.55. The fourth-order valence-corrected chi connectivity index (χ4v) is 6.63. The van der Waals surface area contributed by atoms with Crippen LogP contribution in [0.1, 0.15) is 33.3 Å². The number of amides is 1. The van der Waals surface area contributed by atoms with E-state index in [4.69, 9.17) is 14.0 Å². The van der Waals surface area contributed by atoms with Gasteiger partial charge < -0.3 is 29.1 Å². The number of nitrogens with zero attached hydrogens (tertiary/aromatic N) is 4. The predicted octanol–water partition coefficient (Wildman–Crippen LogP) is -0.0351. The van der Waals surface area contributed by atoms with Crippen LogP contribution in [0, 0.1) is 6.92 Å². The molecule has 0 saturated carbocycles. The first kappa shape index (κ1) is 31.1. The number of carbonyl (C=O) groups excluding carboxylic acids is 1. The van der Waals surface area contributed by atoms with Crippen molar-refractivity contribution in [3.8, 4) is 5.75 Å². The maximum Gasteiger partial charge on any atom is 0.330 e. The fourth-order valence-electron chi connectivity index (χ4n) is 5.12. The summed E-state index contributed by atoms with van der Waals surface area (Å²) in [6.07, 6.45) is 0.357. The van der Waals surface area contributed by atoms with E-state index in [1.54, 1.807) is 28.6 Å². The van der Waals surface area contributed by atoms with Crippen LogP contribution in [0.25, 0.3) is 0 Å². The van der Waals surface area contributed by atoms with E-state index in [2.05, 4.69) is 4.98 Å². The smallest absolute Gasteiger partial charge is 0.330 e. The molecule has 2 saturated heterocycles. The van der Waals surface area contributed by atoms with Crippen LogP contribution in [-0.4, -0.2) is 113 Å². The zero-order chi connectivity index (χ0) is 29.9. The second-order valence-corrected chi connectivity index (χ2v) is 12.8. The number of H-pyrrole nitrogens is 1. The van der Waals surface area contributed by atoms with Crippen LogP contribution in [0.3, 0.4) is 0 Å². The summed E-state index contributed by atoms with van der Waals surface area (Å²) in [4.78, 5) is 43.2. The standard InChI is InChI=1S/C26H38N5O9P/c1-17-11-31(26(36)27-24(17)34)23-13-28(2)12-20(40-23)16-39-41(4,37)30-7-5-29(6-8-30)25(35)18-9-19(14-32)21(15-33)22(10-18)38-3/h9-11,20,23,32-33H,5-8,12-16H2,1-4H3,(H,27,34,36)/t20-,23?,41?/m0/s1. The van der Waals surface area contributed by atoms with Crippen molar-refractivity contribution in [1.82, 2.24) is 24.0 Å². The number of hydrogen-bond donors (Lipinski definition) is 3. The third-order valence-electron chi connectivity index (χ3n) is 7.44. The number of rotatable bonds is 9. The van der Waals surface area contributed by atoms with Crippen molar-refractivity contribution < 1.29 is 33.6 Å². The van der Waals surface area contributed by atoms with Gasteiger partial charge >= 0.3 is 5.69 Å². The number of aromatic nitrogens is 2. The molecule has 0 bridgehead atoms. The molecule has 3 atom stereocenters. The van der Waals surface area contributed by atoms with Crippen molar-refractivity contribution in [2.24, 2.45) is 0 Å². The van der Waals surface area contributed by atoms with E-state index in [0.29, 0.717) is 67.3 Å². The van der Waals surface area contributed by atoms with Crippen LogP contribution in [0.2, 0.25) is 0 Å². The average Bonchev–Trinajstić information content (AvgIpc) is 2.96. The molecular weight excluding hydrogens is 557 g/mol. The van der Waals surface area contributed by atoms with E-state index in [1.165, 1.54) is 24.5 Å². The van der Waals surface area contributed by atoms with Gasteiger partial charge in [0.25, 0.3) is 19.0 Å². The normalized spacial score (nSPS) is 22.0. The molecule has 0 radical (unpaired) electrons. The molecule has 0 spiro atoms. The molecular formula is C26H38N5O9P. The van der Waals surface area contributed by atoms with Crippen LogP contribution in [-0.2, 0) is 27.0 Å². The molecule has 226 valence electrons. The number of ether oxygens (including phenoxy) is 2. The number of methoxy groups -OCH3 is 1. The number of likely N-dealkylation sites (N-methyl/N-ethyl adjacent to an activating group) is 1. The van der Waals surface area contributed by atoms with Gasteiger partial charge in [-0.2, -0.15) is 0 Å². The molecule has 2 fully saturated rings. The minimum Gasteiger partial charge on any atom is -0.496 e. The van der Waals surface area contributed by atoms with Crippen molar-refractivity contribution in [2.75, 3.05) is 66.7 Å². The lowest BCUT2D eigenvalue weighted by molar-refractivity contribution is -0.128. The first-order valence-corrected chi connectivity index (χ1v) is 15.3. The predicted molar refractivity (Wildman–Crippen MR) is 149 cm³/mol. The van der Waals surface area contributed by atoms with Gasteiger partial charge in [0.2, 0.25) is 0 Å². The second kappa shape index (κ2) is 13.0. The Bertz CT molecular complexity index is 1390. The molecule has 14 nitrogen and oxygen atoms in total. The number of piperazine rings is 1. The summed E-state index contributed by atoms with van der Waals surface area (Å²) in [7, 11) is 0.0776. The summed E-state index contributed by atoms with van der Waals surface area (Å²) in [5, 5.41) is 19.3. The van der Waals surface area contributed by atoms with Gasteiger partial charge in [0.15, 0.2) is 6.23 Å². The summed E-state index contributed by atoms with van der Waals surface area (Å²) >= 11 is 0. The monoisotopic (exact) mass is 595 g/mol. The second-order valence-electron chi connectivity index (χ2n) is 10.4. The van der Waals surface area contributed by atoms with Gasteiger partial charge in [0.1, 0.15) is 5.75 Å². The quantitative estimate of drug-likeness (QED) is 0.333. The highest BCUT2D eigenvalue weighted by atomic mass is 31.2. The van der Waals surface area contributed by atoms with Crippen LogP contribution in [0.15, 0.2) is 27.9 Å². The molecule has 15 heteroatoms. The Balaban J connectivity index is 1.36. The number of aliphatic hydroxyl groups is 2. The Kier molecular flexibility index (Phi) is 9.85. The minimum atomic E-state index is -3.23. The number of hydrogen-bond acceptors (Lipinski definition) is 10. The topological polar surface area (TPSA) is 167 Å². The molecule has 2 aliphatic heterocycles. The molecule has 4 rings (SSSR count). The number of benzene rings is 1. The van der Waals surface area contributed by atoms with Gasteiger partial charge in [-0.15, -0.1) is 0 Å². The Morgan fingerprint density at radius 1 is 1.15 bits per heavy atom. The summed E-state index contributed by atoms with van der Waals surface area (Å²) in [5.74, 6) is 0.0669. The SMILES string of the molecule is COc1cc(C(=O)N2CCN(P(C)(=O)OC[C@@H]3CN(C)CC(n4cc(C)c(=O)[nH]c4=O)O3)CC2)cc(CO)c1CO. The Labute approximate surface area is 237 Å². The van der Waals surface area contributed by atoms with Crippen LogP contribution in [0.4, 0.5) is 0 Å². The Morgan fingerprint density at radius 3 is 2.49 bits per heavy atom. The van der Waals surface area contributed by atoms with Crippen molar-refractivity contribution in [3.05, 3.63) is 61.4 Å². The van der Waals surface area contributed by atoms with Gasteiger partial charge in [-0.05, 0) is 31.7 Å². The number of nitrogens with one attached hydrogen (secondary N) is 1. The molecule has 2 unspecified atom stereocenters. The first-order chi connectivity index (χ1) is 19.5. The number of morpholine rings is 1. The fraction of sp³-hybridized carbons (Fsp3) is 0.577. The zero-order valence-corrected chi connectivity index (χ0v) is 24.6. The van der Waals surface area contributed by atoms with Gasteiger partial charge in [-0.1, -0.05) is 0 Å². The highest BCUT2D eigenvalue weighted by Gasteiger charge is 2.35. The van der Waals surface area contributed by atoms with E-state index in [-0.39, 0.29) is 25.7 Å². The molecule has 2 aromatic rings. The number of aromatic amines is 1. The van der Waals surface area contributed by atoms with Gasteiger partial charge in [-0.3, -0.25) is 28.6 Å². The highest BCUT2D eigenvalue weighted by Crippen LogP contribution is 2.47. The van der Waals surface area contributed by atoms with Crippen LogP contribution < -0.4 is 16.0 Å². The van der Waals surface area contributed by atoms with Crippen molar-refractivity contribution >= 4 is 13.4 Å². The Morgan fingerprint density at radius 2 is 1.85 bits per heavy atom. The van der Waals surface area contributed by atoms with Crippen molar-refractivity contribution in [1.29, 1.82) is 0 Å². The van der Waals surface area contributed by atoms with E-state index in [9.17, 15) is 29.2 Å². The summed E-state index contributed by atoms with van der Waals surface area (Å²) in [6, 6.07) is 3.09. The molecule has 1 aromatic carbocycles. The van der Waals surface area contributed by atoms with Gasteiger partial charge in [0, 0.05) is 68.8 Å². The van der Waals surface area contributed by atoms with Crippen molar-refractivity contribution in [3.63, 3.8) is 0 Å². The largest absolute Gasteiger partial charge is 0.496 e. The van der Waals surface area contributed by atoms with E-state index in [0.717, 1.165) is 0 Å². The third-order valence-corrected chi connectivity index (χ3v) is 9.50. The molecule has 1 amide bonds. The first-order valence-electron chi connectivity index (χ1n) is 13.3. The minimum absolute atomic E-state index is 0.0335. The van der Waals surface area contributed by atoms with Crippen molar-refractivity contribution in [2.45, 2.75) is 32.5 Å². The summed E-state index contributed by atoms with van der Waals surface area (Å²) < 4.78 is 33.9. The molecule has 1 aromatic heterocycles.